The molecule has 1 aromatic heterocycles. The number of carbonyl (C=O) groups excluding carboxylic acids is 1. The highest BCUT2D eigenvalue weighted by atomic mass is 16.6. The molecule has 0 bridgehead atoms. The second kappa shape index (κ2) is 11.0. The Labute approximate surface area is 128 Å². The Bertz CT molecular complexity index is 462. The molecule has 8 heteroatoms. The highest BCUT2D eigenvalue weighted by molar-refractivity contribution is 5.37. The molecule has 2 rings (SSSR count). The quantitative estimate of drug-likeness (QED) is 0.532. The lowest BCUT2D eigenvalue weighted by Gasteiger charge is -2.26. The third-order valence-electron chi connectivity index (χ3n) is 2.98. The number of aryl methyl sites for hydroxylation is 1. The van der Waals surface area contributed by atoms with E-state index in [0.29, 0.717) is 5.76 Å². The number of nitrogens with zero attached hydrogens (tertiary/aromatic N) is 1. The maximum absolute atomic E-state index is 10.4. The van der Waals surface area contributed by atoms with Crippen LogP contribution in [0.3, 0.4) is 0 Å². The Kier molecular flexibility index (Phi) is 9.20. The Hall–Kier alpha value is -1.64. The van der Waals surface area contributed by atoms with Crippen molar-refractivity contribution in [3.05, 3.63) is 22.1 Å². The van der Waals surface area contributed by atoms with E-state index in [0.717, 1.165) is 46.1 Å². The lowest BCUT2D eigenvalue weighted by Crippen LogP contribution is -2.38. The zero-order chi connectivity index (χ0) is 16.2. The van der Waals surface area contributed by atoms with Crippen LogP contribution >= 0.6 is 0 Å². The first-order chi connectivity index (χ1) is 10.7. The summed E-state index contributed by atoms with van der Waals surface area (Å²) >= 11 is 0. The summed E-state index contributed by atoms with van der Waals surface area (Å²) in [5.41, 5.74) is 0. The maximum Gasteiger partial charge on any atom is 0.519 e. The molecule has 0 N–H and O–H groups in total. The summed E-state index contributed by atoms with van der Waals surface area (Å²) in [7, 11) is 0. The van der Waals surface area contributed by atoms with E-state index >= 15 is 0 Å². The van der Waals surface area contributed by atoms with Gasteiger partial charge < -0.3 is 23.0 Å². The molecule has 22 heavy (non-hydrogen) atoms. The third kappa shape index (κ3) is 7.39. The first-order valence-corrected chi connectivity index (χ1v) is 7.19. The van der Waals surface area contributed by atoms with Gasteiger partial charge in [0.05, 0.1) is 19.8 Å². The molecule has 0 amide bonds. The molecule has 0 unspecified atom stereocenters. The van der Waals surface area contributed by atoms with Gasteiger partial charge in [0.15, 0.2) is 18.1 Å². The highest BCUT2D eigenvalue weighted by Crippen LogP contribution is 2.04. The summed E-state index contributed by atoms with van der Waals surface area (Å²) in [5.74, 6) is -0.217. The van der Waals surface area contributed by atoms with Gasteiger partial charge in [-0.3, -0.25) is 9.69 Å². The van der Waals surface area contributed by atoms with Gasteiger partial charge in [0.25, 0.3) is 6.47 Å². The topological polar surface area (TPSA) is 91.4 Å². The van der Waals surface area contributed by atoms with Crippen molar-refractivity contribution in [2.24, 2.45) is 0 Å². The summed E-state index contributed by atoms with van der Waals surface area (Å²) in [6.07, 6.45) is 0. The summed E-state index contributed by atoms with van der Waals surface area (Å²) in [6.45, 7) is 10.4. The Balaban J connectivity index is 0.000000220. The van der Waals surface area contributed by atoms with Crippen LogP contribution < -0.4 is 5.82 Å². The van der Waals surface area contributed by atoms with E-state index in [1.54, 1.807) is 6.92 Å². The smallest absolute Gasteiger partial charge is 0.460 e. The van der Waals surface area contributed by atoms with Crippen molar-refractivity contribution < 1.29 is 27.8 Å². The number of carbonyl (C=O) groups is 1. The summed E-state index contributed by atoms with van der Waals surface area (Å²) < 4.78 is 23.8. The van der Waals surface area contributed by atoms with Gasteiger partial charge in [0.1, 0.15) is 0 Å². The van der Waals surface area contributed by atoms with Crippen molar-refractivity contribution in [2.45, 2.75) is 20.5 Å². The van der Waals surface area contributed by atoms with Crippen molar-refractivity contribution in [2.75, 3.05) is 46.1 Å². The van der Waals surface area contributed by atoms with Crippen LogP contribution in [-0.2, 0) is 25.6 Å². The fourth-order valence-corrected chi connectivity index (χ4v) is 1.78. The van der Waals surface area contributed by atoms with E-state index in [9.17, 15) is 9.59 Å². The van der Waals surface area contributed by atoms with Crippen LogP contribution in [0.2, 0.25) is 0 Å². The van der Waals surface area contributed by atoms with Crippen LogP contribution in [0, 0.1) is 6.92 Å². The van der Waals surface area contributed by atoms with E-state index in [-0.39, 0.29) is 18.8 Å². The summed E-state index contributed by atoms with van der Waals surface area (Å²) in [4.78, 5) is 22.5. The van der Waals surface area contributed by atoms with Crippen molar-refractivity contribution in [1.82, 2.24) is 4.90 Å². The Morgan fingerprint density at radius 3 is 2.55 bits per heavy atom. The fourth-order valence-electron chi connectivity index (χ4n) is 1.78. The summed E-state index contributed by atoms with van der Waals surface area (Å²) in [5, 5.41) is 0. The second-order valence-corrected chi connectivity index (χ2v) is 4.49. The average molecular weight is 317 g/mol. The van der Waals surface area contributed by atoms with Crippen LogP contribution in [0.4, 0.5) is 0 Å². The SMILES string of the molecule is CCOCCN1CCOCC1.Cc1oc(=O)oc1COC=O. The molecule has 0 spiro atoms. The zero-order valence-corrected chi connectivity index (χ0v) is 13.0. The lowest BCUT2D eigenvalue weighted by molar-refractivity contribution is -0.130. The van der Waals surface area contributed by atoms with Gasteiger partial charge in [-0.25, -0.2) is 4.79 Å². The molecule has 0 radical (unpaired) electrons. The van der Waals surface area contributed by atoms with Gasteiger partial charge in [0.2, 0.25) is 0 Å². The van der Waals surface area contributed by atoms with E-state index in [2.05, 4.69) is 18.5 Å². The third-order valence-corrected chi connectivity index (χ3v) is 2.98. The highest BCUT2D eigenvalue weighted by Gasteiger charge is 2.08. The van der Waals surface area contributed by atoms with Crippen LogP contribution in [0.15, 0.2) is 13.6 Å². The van der Waals surface area contributed by atoms with E-state index in [4.69, 9.17) is 9.47 Å². The van der Waals surface area contributed by atoms with Gasteiger partial charge >= 0.3 is 5.82 Å². The van der Waals surface area contributed by atoms with Gasteiger partial charge in [-0.15, -0.1) is 0 Å². The monoisotopic (exact) mass is 317 g/mol. The average Bonchev–Trinajstić information content (AvgIpc) is 2.85. The number of rotatable bonds is 7. The molecule has 1 aromatic rings. The standard InChI is InChI=1S/C8H17NO2.C6H6O5/c1-2-10-6-3-9-4-7-11-8-5-9;1-4-5(2-9-3-7)11-6(8)10-4/h2-8H2,1H3;3H,2H2,1H3. The van der Waals surface area contributed by atoms with Gasteiger partial charge in [-0.05, 0) is 13.8 Å². The van der Waals surface area contributed by atoms with Gasteiger partial charge in [-0.2, -0.15) is 0 Å². The molecule has 126 valence electrons. The predicted octanol–water partition coefficient (Wildman–Crippen LogP) is 0.569. The fraction of sp³-hybridized carbons (Fsp3) is 0.714. The molecular weight excluding hydrogens is 294 g/mol. The predicted molar refractivity (Wildman–Crippen MR) is 76.6 cm³/mol. The molecule has 1 saturated heterocycles. The maximum atomic E-state index is 10.4. The largest absolute Gasteiger partial charge is 0.519 e. The molecule has 0 atom stereocenters. The van der Waals surface area contributed by atoms with Crippen LogP contribution in [0.5, 0.6) is 0 Å². The van der Waals surface area contributed by atoms with E-state index < -0.39 is 5.82 Å². The normalized spacial score (nSPS) is 15.0. The first-order valence-electron chi connectivity index (χ1n) is 7.19. The molecular formula is C14H23NO7. The molecule has 1 fully saturated rings. The molecule has 1 aliphatic heterocycles. The number of hydrogen-bond donors (Lipinski definition) is 0. The number of ether oxygens (including phenoxy) is 3. The van der Waals surface area contributed by atoms with Crippen molar-refractivity contribution in [1.29, 1.82) is 0 Å². The van der Waals surface area contributed by atoms with Gasteiger partial charge in [-0.1, -0.05) is 0 Å². The second-order valence-electron chi connectivity index (χ2n) is 4.49. The van der Waals surface area contributed by atoms with Crippen LogP contribution in [-0.4, -0.2) is 57.4 Å². The Morgan fingerprint density at radius 2 is 2.00 bits per heavy atom. The summed E-state index contributed by atoms with van der Waals surface area (Å²) in [6, 6.07) is 0. The zero-order valence-electron chi connectivity index (χ0n) is 13.0. The number of morpholine rings is 1. The van der Waals surface area contributed by atoms with E-state index in [1.165, 1.54) is 0 Å². The van der Waals surface area contributed by atoms with Gasteiger partial charge in [0, 0.05) is 26.2 Å². The van der Waals surface area contributed by atoms with E-state index in [1.807, 2.05) is 6.92 Å². The Morgan fingerprint density at radius 1 is 1.27 bits per heavy atom. The molecule has 1 aliphatic rings. The molecule has 2 heterocycles. The first kappa shape index (κ1) is 18.4. The minimum Gasteiger partial charge on any atom is -0.460 e. The van der Waals surface area contributed by atoms with Crippen molar-refractivity contribution in [3.8, 4) is 0 Å². The minimum absolute atomic E-state index is 0.0684. The molecule has 0 aliphatic carbocycles. The van der Waals surface area contributed by atoms with Crippen molar-refractivity contribution >= 4 is 6.47 Å². The molecule has 0 saturated carbocycles. The lowest BCUT2D eigenvalue weighted by atomic mass is 10.4. The van der Waals surface area contributed by atoms with Crippen molar-refractivity contribution in [3.63, 3.8) is 0 Å². The van der Waals surface area contributed by atoms with Crippen LogP contribution in [0.1, 0.15) is 18.4 Å². The number of hydrogen-bond acceptors (Lipinski definition) is 8. The minimum atomic E-state index is -0.785. The van der Waals surface area contributed by atoms with Crippen LogP contribution in [0.25, 0.3) is 0 Å². The molecule has 0 aromatic carbocycles. The molecule has 8 nitrogen and oxygen atoms in total.